The number of hydrogen-bond acceptors (Lipinski definition) is 6. The van der Waals surface area contributed by atoms with E-state index in [9.17, 15) is 28.4 Å². The number of nitrogens with zero attached hydrogens (tertiary/aromatic N) is 2. The number of nitro groups is 1. The highest BCUT2D eigenvalue weighted by Gasteiger charge is 2.36. The van der Waals surface area contributed by atoms with Crippen LogP contribution in [0.2, 0.25) is 5.02 Å². The van der Waals surface area contributed by atoms with Gasteiger partial charge in [0.1, 0.15) is 11.8 Å². The number of anilines is 1. The number of rotatable bonds is 7. The molecule has 0 aliphatic carbocycles. The number of sulfonamides is 1. The maximum Gasteiger partial charge on any atom is 0.327 e. The van der Waals surface area contributed by atoms with Crippen molar-refractivity contribution in [1.29, 1.82) is 0 Å². The molecule has 1 unspecified atom stereocenters. The molecule has 9 nitrogen and oxygen atoms in total. The maximum absolute atomic E-state index is 13.2. The summed E-state index contributed by atoms with van der Waals surface area (Å²) in [5.41, 5.74) is -0.552. The van der Waals surface area contributed by atoms with Crippen LogP contribution in [0.1, 0.15) is 6.92 Å². The van der Waals surface area contributed by atoms with Crippen molar-refractivity contribution < 1.29 is 28.0 Å². The fraction of sp³-hybridized carbons (Fsp3) is 0.188. The Balaban J connectivity index is 2.75. The lowest BCUT2D eigenvalue weighted by Gasteiger charge is -2.29. The van der Waals surface area contributed by atoms with Crippen molar-refractivity contribution in [3.63, 3.8) is 0 Å². The zero-order valence-corrected chi connectivity index (χ0v) is 15.8. The van der Waals surface area contributed by atoms with E-state index >= 15 is 0 Å². The average molecular weight is 415 g/mol. The Bertz CT molecular complexity index is 994. The molecule has 0 saturated heterocycles. The molecule has 0 bridgehead atoms. The van der Waals surface area contributed by atoms with Crippen LogP contribution in [0.4, 0.5) is 11.4 Å². The van der Waals surface area contributed by atoms with Crippen molar-refractivity contribution in [1.82, 2.24) is 0 Å². The Morgan fingerprint density at radius 3 is 2.52 bits per heavy atom. The average Bonchev–Trinajstić information content (AvgIpc) is 2.61. The normalized spacial score (nSPS) is 12.3. The molecule has 2 rings (SSSR count). The van der Waals surface area contributed by atoms with E-state index in [1.54, 1.807) is 0 Å². The minimum Gasteiger partial charge on any atom is -0.495 e. The molecule has 0 amide bonds. The standard InChI is InChI=1S/C16H15ClN2O7S/c1-10(16(20)21)18(14-8-11(17)6-7-15(14)26-2)27(24,25)13-5-3-4-12(9-13)19(22)23/h3-10H,1-2H3,(H,20,21). The zero-order chi connectivity index (χ0) is 20.4. The first-order valence-corrected chi connectivity index (χ1v) is 9.26. The summed E-state index contributed by atoms with van der Waals surface area (Å²) in [6, 6.07) is 6.87. The predicted molar refractivity (Wildman–Crippen MR) is 97.9 cm³/mol. The lowest BCUT2D eigenvalue weighted by molar-refractivity contribution is -0.385. The summed E-state index contributed by atoms with van der Waals surface area (Å²) in [6.45, 7) is 1.16. The molecule has 0 aromatic heterocycles. The number of benzene rings is 2. The Kier molecular flexibility index (Phi) is 5.91. The monoisotopic (exact) mass is 414 g/mol. The zero-order valence-electron chi connectivity index (χ0n) is 14.2. The molecule has 0 fully saturated rings. The van der Waals surface area contributed by atoms with Crippen LogP contribution in [0.25, 0.3) is 0 Å². The van der Waals surface area contributed by atoms with E-state index in [0.29, 0.717) is 4.31 Å². The molecule has 0 heterocycles. The third kappa shape index (κ3) is 4.12. The van der Waals surface area contributed by atoms with Gasteiger partial charge in [0, 0.05) is 17.2 Å². The van der Waals surface area contributed by atoms with Crippen molar-refractivity contribution >= 4 is 39.0 Å². The second-order valence-corrected chi connectivity index (χ2v) is 7.64. The Labute approximate surface area is 159 Å². The molecule has 144 valence electrons. The molecule has 2 aromatic carbocycles. The third-order valence-corrected chi connectivity index (χ3v) is 5.79. The van der Waals surface area contributed by atoms with Crippen LogP contribution < -0.4 is 9.04 Å². The van der Waals surface area contributed by atoms with E-state index in [2.05, 4.69) is 0 Å². The molecule has 1 atom stereocenters. The molecule has 2 aromatic rings. The van der Waals surface area contributed by atoms with Crippen molar-refractivity contribution in [2.75, 3.05) is 11.4 Å². The summed E-state index contributed by atoms with van der Waals surface area (Å²) in [6.07, 6.45) is 0. The number of hydrogen-bond donors (Lipinski definition) is 1. The second kappa shape index (κ2) is 7.80. The molecule has 27 heavy (non-hydrogen) atoms. The number of halogens is 1. The van der Waals surface area contributed by atoms with E-state index in [-0.39, 0.29) is 16.5 Å². The first-order valence-electron chi connectivity index (χ1n) is 7.45. The molecule has 0 aliphatic heterocycles. The SMILES string of the molecule is COc1ccc(Cl)cc1N(C(C)C(=O)O)S(=O)(=O)c1cccc([N+](=O)[O-])c1. The largest absolute Gasteiger partial charge is 0.495 e. The second-order valence-electron chi connectivity index (χ2n) is 5.39. The Morgan fingerprint density at radius 2 is 1.96 bits per heavy atom. The molecular weight excluding hydrogens is 400 g/mol. The van der Waals surface area contributed by atoms with Crippen LogP contribution in [0, 0.1) is 10.1 Å². The lowest BCUT2D eigenvalue weighted by Crippen LogP contribution is -2.43. The third-order valence-electron chi connectivity index (χ3n) is 3.67. The smallest absolute Gasteiger partial charge is 0.327 e. The lowest BCUT2D eigenvalue weighted by atomic mass is 10.2. The van der Waals surface area contributed by atoms with E-state index in [4.69, 9.17) is 16.3 Å². The highest BCUT2D eigenvalue weighted by Crippen LogP contribution is 2.36. The van der Waals surface area contributed by atoms with Crippen LogP contribution in [0.5, 0.6) is 5.75 Å². The fourth-order valence-electron chi connectivity index (χ4n) is 2.35. The van der Waals surface area contributed by atoms with Crippen LogP contribution in [0.15, 0.2) is 47.4 Å². The highest BCUT2D eigenvalue weighted by molar-refractivity contribution is 7.93. The molecule has 0 spiro atoms. The number of carboxylic acid groups (broad SMARTS) is 1. The number of carbonyl (C=O) groups is 1. The first kappa shape index (κ1) is 20.5. The van der Waals surface area contributed by atoms with Gasteiger partial charge < -0.3 is 9.84 Å². The summed E-state index contributed by atoms with van der Waals surface area (Å²) in [5, 5.41) is 20.5. The van der Waals surface area contributed by atoms with Crippen molar-refractivity contribution in [2.24, 2.45) is 0 Å². The molecule has 11 heteroatoms. The minimum absolute atomic E-state index is 0.0708. The number of aliphatic carboxylic acids is 1. The van der Waals surface area contributed by atoms with Gasteiger partial charge in [-0.25, -0.2) is 17.5 Å². The van der Waals surface area contributed by atoms with E-state index in [1.165, 1.54) is 31.4 Å². The quantitative estimate of drug-likeness (QED) is 0.545. The van der Waals surface area contributed by atoms with Crippen molar-refractivity contribution in [3.05, 3.63) is 57.6 Å². The van der Waals surface area contributed by atoms with E-state index in [1.807, 2.05) is 0 Å². The Morgan fingerprint density at radius 1 is 1.30 bits per heavy atom. The van der Waals surface area contributed by atoms with Crippen LogP contribution in [0.3, 0.4) is 0 Å². The summed E-state index contributed by atoms with van der Waals surface area (Å²) in [4.78, 5) is 21.4. The van der Waals surface area contributed by atoms with Crippen LogP contribution >= 0.6 is 11.6 Å². The van der Waals surface area contributed by atoms with Gasteiger partial charge in [-0.1, -0.05) is 17.7 Å². The fourth-order valence-corrected chi connectivity index (χ4v) is 4.17. The number of methoxy groups -OCH3 is 1. The molecular formula is C16H15ClN2O7S. The predicted octanol–water partition coefficient (Wildman–Crippen LogP) is 2.93. The minimum atomic E-state index is -4.49. The topological polar surface area (TPSA) is 127 Å². The van der Waals surface area contributed by atoms with Gasteiger partial charge >= 0.3 is 5.97 Å². The van der Waals surface area contributed by atoms with Crippen molar-refractivity contribution in [3.8, 4) is 5.75 Å². The van der Waals surface area contributed by atoms with Gasteiger partial charge in [-0.15, -0.1) is 0 Å². The molecule has 0 aliphatic rings. The van der Waals surface area contributed by atoms with Gasteiger partial charge in [0.25, 0.3) is 15.7 Å². The molecule has 0 radical (unpaired) electrons. The number of nitro benzene ring substituents is 1. The van der Waals surface area contributed by atoms with Gasteiger partial charge in [-0.05, 0) is 31.2 Å². The van der Waals surface area contributed by atoms with Crippen LogP contribution in [-0.2, 0) is 14.8 Å². The van der Waals surface area contributed by atoms with Crippen LogP contribution in [-0.4, -0.2) is 37.6 Å². The van der Waals surface area contributed by atoms with Gasteiger partial charge in [-0.2, -0.15) is 0 Å². The first-order chi connectivity index (χ1) is 12.6. The van der Waals surface area contributed by atoms with Gasteiger partial charge in [0.05, 0.1) is 22.6 Å². The van der Waals surface area contributed by atoms with Gasteiger partial charge in [0.15, 0.2) is 0 Å². The molecule has 1 N–H and O–H groups in total. The van der Waals surface area contributed by atoms with Gasteiger partial charge in [0.2, 0.25) is 0 Å². The van der Waals surface area contributed by atoms with E-state index < -0.39 is 37.5 Å². The summed E-state index contributed by atoms with van der Waals surface area (Å²) in [7, 11) is -3.21. The van der Waals surface area contributed by atoms with Crippen molar-refractivity contribution in [2.45, 2.75) is 17.9 Å². The summed E-state index contributed by atoms with van der Waals surface area (Å²) < 4.78 is 32.1. The summed E-state index contributed by atoms with van der Waals surface area (Å²) >= 11 is 5.95. The number of non-ortho nitro benzene ring substituents is 1. The van der Waals surface area contributed by atoms with Gasteiger partial charge in [-0.3, -0.25) is 10.1 Å². The maximum atomic E-state index is 13.2. The molecule has 0 saturated carbocycles. The Hall–Kier alpha value is -2.85. The summed E-state index contributed by atoms with van der Waals surface area (Å²) in [5.74, 6) is -1.35. The highest BCUT2D eigenvalue weighted by atomic mass is 35.5. The number of carboxylic acids is 1. The number of ether oxygens (including phenoxy) is 1. The van der Waals surface area contributed by atoms with E-state index in [0.717, 1.165) is 25.1 Å².